The maximum atomic E-state index is 5.94. The van der Waals surface area contributed by atoms with Crippen LogP contribution in [0.3, 0.4) is 0 Å². The second-order valence-corrected chi connectivity index (χ2v) is 8.57. The van der Waals surface area contributed by atoms with Crippen molar-refractivity contribution in [2.45, 2.75) is 31.2 Å². The van der Waals surface area contributed by atoms with Crippen LogP contribution in [-0.2, 0) is 0 Å². The van der Waals surface area contributed by atoms with E-state index in [4.69, 9.17) is 9.73 Å². The van der Waals surface area contributed by atoms with Crippen molar-refractivity contribution in [1.29, 1.82) is 0 Å². The molecule has 0 unspecified atom stereocenters. The molecule has 0 aliphatic carbocycles. The molecule has 4 rings (SSSR count). The van der Waals surface area contributed by atoms with Crippen LogP contribution in [0.5, 0.6) is 5.75 Å². The Bertz CT molecular complexity index is 799. The van der Waals surface area contributed by atoms with E-state index in [1.54, 1.807) is 0 Å². The third-order valence-electron chi connectivity index (χ3n) is 4.47. The molecule has 1 aromatic heterocycles. The number of pyridine rings is 1. The molecule has 6 heteroatoms. The van der Waals surface area contributed by atoms with Gasteiger partial charge in [-0.1, -0.05) is 40.7 Å². The molecular formula is C19H20BrN3OS. The molecule has 2 aliphatic rings. The van der Waals surface area contributed by atoms with Gasteiger partial charge in [0.15, 0.2) is 5.17 Å². The van der Waals surface area contributed by atoms with E-state index in [2.05, 4.69) is 44.9 Å². The molecule has 3 heterocycles. The highest BCUT2D eigenvalue weighted by atomic mass is 79.9. The minimum atomic E-state index is -0.00953. The number of rotatable bonds is 4. The number of hydrogen-bond acceptors (Lipinski definition) is 5. The third-order valence-corrected chi connectivity index (χ3v) is 6.07. The molecule has 0 radical (unpaired) electrons. The lowest BCUT2D eigenvalue weighted by Gasteiger charge is -2.29. The molecule has 130 valence electrons. The standard InChI is InChI=1S/C19H20BrN3OS/c1-3-24-16-8-7-13(20)10-14(16)18-17(15-6-4-5-9-21-15)22-19-23(18)11-12(2)25-19/h4-10,12,17-18H,3,11H2,1-2H3/t12-,17-,18+/m0/s1. The molecular weight excluding hydrogens is 398 g/mol. The zero-order chi connectivity index (χ0) is 17.4. The van der Waals surface area contributed by atoms with E-state index in [0.29, 0.717) is 11.9 Å². The van der Waals surface area contributed by atoms with E-state index in [1.165, 1.54) is 5.56 Å². The van der Waals surface area contributed by atoms with Crippen LogP contribution in [0.15, 0.2) is 52.1 Å². The molecule has 0 N–H and O–H groups in total. The number of thioether (sulfide) groups is 1. The van der Waals surface area contributed by atoms with Crippen LogP contribution in [0.1, 0.15) is 37.2 Å². The van der Waals surface area contributed by atoms with Gasteiger partial charge < -0.3 is 9.64 Å². The van der Waals surface area contributed by atoms with Gasteiger partial charge in [-0.3, -0.25) is 9.98 Å². The van der Waals surface area contributed by atoms with E-state index >= 15 is 0 Å². The number of fused-ring (bicyclic) bond motifs is 1. The van der Waals surface area contributed by atoms with Crippen LogP contribution in [0.2, 0.25) is 0 Å². The van der Waals surface area contributed by atoms with Gasteiger partial charge in [0.05, 0.1) is 18.3 Å². The lowest BCUT2D eigenvalue weighted by atomic mass is 9.95. The number of ether oxygens (including phenoxy) is 1. The van der Waals surface area contributed by atoms with E-state index in [9.17, 15) is 0 Å². The molecule has 1 fully saturated rings. The van der Waals surface area contributed by atoms with E-state index in [0.717, 1.165) is 27.6 Å². The number of aromatic nitrogens is 1. The highest BCUT2D eigenvalue weighted by Gasteiger charge is 2.44. The van der Waals surface area contributed by atoms with Gasteiger partial charge in [-0.2, -0.15) is 0 Å². The SMILES string of the molecule is CCOc1ccc(Br)cc1[C@@H]1[C@H](c2ccccn2)N=C2S[C@@H](C)CN21. The number of amidine groups is 1. The van der Waals surface area contributed by atoms with Crippen LogP contribution in [0.4, 0.5) is 0 Å². The second kappa shape index (κ2) is 7.00. The van der Waals surface area contributed by atoms with Crippen LogP contribution in [-0.4, -0.2) is 33.5 Å². The Morgan fingerprint density at radius 1 is 1.32 bits per heavy atom. The van der Waals surface area contributed by atoms with Crippen LogP contribution < -0.4 is 4.74 Å². The van der Waals surface area contributed by atoms with Gasteiger partial charge in [0.2, 0.25) is 0 Å². The molecule has 0 bridgehead atoms. The summed E-state index contributed by atoms with van der Waals surface area (Å²) < 4.78 is 6.99. The summed E-state index contributed by atoms with van der Waals surface area (Å²) in [6, 6.07) is 12.4. The molecule has 25 heavy (non-hydrogen) atoms. The number of hydrogen-bond donors (Lipinski definition) is 0. The minimum Gasteiger partial charge on any atom is -0.494 e. The summed E-state index contributed by atoms with van der Waals surface area (Å²) in [6.07, 6.45) is 1.84. The molecule has 3 atom stereocenters. The average Bonchev–Trinajstić information content (AvgIpc) is 3.13. The average molecular weight is 418 g/mol. The lowest BCUT2D eigenvalue weighted by Crippen LogP contribution is -2.29. The van der Waals surface area contributed by atoms with Crippen molar-refractivity contribution in [2.24, 2.45) is 4.99 Å². The minimum absolute atomic E-state index is 0.00953. The van der Waals surface area contributed by atoms with Crippen LogP contribution in [0, 0.1) is 0 Å². The highest BCUT2D eigenvalue weighted by Crippen LogP contribution is 2.49. The van der Waals surface area contributed by atoms with Crippen molar-refractivity contribution in [3.8, 4) is 5.75 Å². The quantitative estimate of drug-likeness (QED) is 0.713. The predicted molar refractivity (Wildman–Crippen MR) is 106 cm³/mol. The fraction of sp³-hybridized carbons (Fsp3) is 0.368. The molecule has 1 saturated heterocycles. The topological polar surface area (TPSA) is 37.7 Å². The molecule has 0 amide bonds. The highest BCUT2D eigenvalue weighted by molar-refractivity contribution is 9.10. The first-order valence-corrected chi connectivity index (χ1v) is 10.2. The molecule has 2 aliphatic heterocycles. The van der Waals surface area contributed by atoms with Gasteiger partial charge >= 0.3 is 0 Å². The molecule has 2 aromatic rings. The van der Waals surface area contributed by atoms with Crippen LogP contribution in [0.25, 0.3) is 0 Å². The first-order valence-electron chi connectivity index (χ1n) is 8.51. The Balaban J connectivity index is 1.81. The zero-order valence-corrected chi connectivity index (χ0v) is 16.6. The number of nitrogens with zero attached hydrogens (tertiary/aromatic N) is 3. The lowest BCUT2D eigenvalue weighted by molar-refractivity contribution is 0.292. The fourth-order valence-corrected chi connectivity index (χ4v) is 4.96. The van der Waals surface area contributed by atoms with E-state index in [1.807, 2.05) is 49.1 Å². The van der Waals surface area contributed by atoms with Gasteiger partial charge in [0.25, 0.3) is 0 Å². The Kier molecular flexibility index (Phi) is 4.73. The first-order chi connectivity index (χ1) is 12.2. The van der Waals surface area contributed by atoms with Crippen molar-refractivity contribution in [3.63, 3.8) is 0 Å². The maximum absolute atomic E-state index is 5.94. The molecule has 4 nitrogen and oxygen atoms in total. The number of halogens is 1. The van der Waals surface area contributed by atoms with Gasteiger partial charge in [0.1, 0.15) is 11.8 Å². The van der Waals surface area contributed by atoms with Crippen LogP contribution >= 0.6 is 27.7 Å². The van der Waals surface area contributed by atoms with Crippen molar-refractivity contribution in [2.75, 3.05) is 13.2 Å². The van der Waals surface area contributed by atoms with Crippen molar-refractivity contribution >= 4 is 32.9 Å². The predicted octanol–water partition coefficient (Wildman–Crippen LogP) is 4.83. The first kappa shape index (κ1) is 16.9. The Morgan fingerprint density at radius 3 is 2.96 bits per heavy atom. The molecule has 0 spiro atoms. The second-order valence-electron chi connectivity index (χ2n) is 6.25. The summed E-state index contributed by atoms with van der Waals surface area (Å²) in [5, 5.41) is 1.67. The smallest absolute Gasteiger partial charge is 0.160 e. The van der Waals surface area contributed by atoms with Gasteiger partial charge in [0, 0.05) is 28.0 Å². The summed E-state index contributed by atoms with van der Waals surface area (Å²) in [5.74, 6) is 0.928. The third kappa shape index (κ3) is 3.17. The molecule has 1 aromatic carbocycles. The monoisotopic (exact) mass is 417 g/mol. The van der Waals surface area contributed by atoms with E-state index < -0.39 is 0 Å². The van der Waals surface area contributed by atoms with Crippen molar-refractivity contribution in [1.82, 2.24) is 9.88 Å². The normalized spacial score (nSPS) is 25.0. The number of aliphatic imine (C=N–C) groups is 1. The largest absolute Gasteiger partial charge is 0.494 e. The fourth-order valence-electron chi connectivity index (χ4n) is 3.49. The Hall–Kier alpha value is -1.53. The summed E-state index contributed by atoms with van der Waals surface area (Å²) in [4.78, 5) is 12.0. The molecule has 0 saturated carbocycles. The summed E-state index contributed by atoms with van der Waals surface area (Å²) >= 11 is 5.47. The van der Waals surface area contributed by atoms with E-state index in [-0.39, 0.29) is 12.1 Å². The summed E-state index contributed by atoms with van der Waals surface area (Å²) in [7, 11) is 0. The van der Waals surface area contributed by atoms with Gasteiger partial charge in [-0.05, 0) is 37.3 Å². The van der Waals surface area contributed by atoms with Gasteiger partial charge in [-0.15, -0.1) is 0 Å². The Morgan fingerprint density at radius 2 is 2.20 bits per heavy atom. The number of benzene rings is 1. The van der Waals surface area contributed by atoms with Crippen molar-refractivity contribution in [3.05, 3.63) is 58.3 Å². The summed E-state index contributed by atoms with van der Waals surface area (Å²) in [5.41, 5.74) is 2.17. The summed E-state index contributed by atoms with van der Waals surface area (Å²) in [6.45, 7) is 5.92. The van der Waals surface area contributed by atoms with Gasteiger partial charge in [-0.25, -0.2) is 0 Å². The zero-order valence-electron chi connectivity index (χ0n) is 14.2. The van der Waals surface area contributed by atoms with Crippen molar-refractivity contribution < 1.29 is 4.74 Å². The maximum Gasteiger partial charge on any atom is 0.160 e. The Labute approximate surface area is 160 Å².